The van der Waals surface area contributed by atoms with Gasteiger partial charge in [0.1, 0.15) is 18.1 Å². The van der Waals surface area contributed by atoms with Crippen LogP contribution in [0.1, 0.15) is 11.5 Å². The fourth-order valence-electron chi connectivity index (χ4n) is 1.46. The van der Waals surface area contributed by atoms with Crippen LogP contribution in [0, 0.1) is 0 Å². The Kier molecular flexibility index (Phi) is 4.01. The van der Waals surface area contributed by atoms with Gasteiger partial charge in [-0.1, -0.05) is 23.2 Å². The van der Waals surface area contributed by atoms with Crippen LogP contribution in [-0.2, 0) is 13.2 Å². The van der Waals surface area contributed by atoms with Gasteiger partial charge in [0.05, 0.1) is 16.6 Å². The summed E-state index contributed by atoms with van der Waals surface area (Å²) in [6, 6.07) is 6.60. The Labute approximate surface area is 114 Å². The van der Waals surface area contributed by atoms with E-state index >= 15 is 0 Å². The standard InChI is InChI=1S/C12H11Cl2NO3/c13-10-3-7(4-11(14)12(10)17)15-5-8-1-2-9(6-16)18-8/h1-4,15-17H,5-6H2. The number of hydrogen-bond donors (Lipinski definition) is 3. The molecule has 18 heavy (non-hydrogen) atoms. The van der Waals surface area contributed by atoms with Crippen molar-refractivity contribution in [3.8, 4) is 5.75 Å². The third-order valence-corrected chi connectivity index (χ3v) is 2.93. The lowest BCUT2D eigenvalue weighted by molar-refractivity contribution is 0.244. The molecule has 0 saturated carbocycles. The highest BCUT2D eigenvalue weighted by Gasteiger charge is 2.07. The maximum Gasteiger partial charge on any atom is 0.152 e. The molecule has 0 saturated heterocycles. The number of furan rings is 1. The van der Waals surface area contributed by atoms with E-state index in [4.69, 9.17) is 32.7 Å². The smallest absolute Gasteiger partial charge is 0.152 e. The third kappa shape index (κ3) is 2.90. The molecule has 1 heterocycles. The molecule has 1 aromatic heterocycles. The summed E-state index contributed by atoms with van der Waals surface area (Å²) in [5.74, 6) is 1.05. The van der Waals surface area contributed by atoms with E-state index in [1.165, 1.54) is 0 Å². The van der Waals surface area contributed by atoms with E-state index in [0.717, 1.165) is 0 Å². The predicted octanol–water partition coefficient (Wildman–Crippen LogP) is 3.40. The highest BCUT2D eigenvalue weighted by molar-refractivity contribution is 6.37. The van der Waals surface area contributed by atoms with E-state index in [1.54, 1.807) is 24.3 Å². The number of benzene rings is 1. The van der Waals surface area contributed by atoms with Gasteiger partial charge in [-0.15, -0.1) is 0 Å². The van der Waals surface area contributed by atoms with Crippen LogP contribution in [0.5, 0.6) is 5.75 Å². The second-order valence-electron chi connectivity index (χ2n) is 3.67. The zero-order valence-corrected chi connectivity index (χ0v) is 10.8. The average molecular weight is 288 g/mol. The van der Waals surface area contributed by atoms with Crippen molar-refractivity contribution < 1.29 is 14.6 Å². The van der Waals surface area contributed by atoms with Gasteiger partial charge in [-0.2, -0.15) is 0 Å². The Morgan fingerprint density at radius 3 is 2.28 bits per heavy atom. The summed E-state index contributed by atoms with van der Waals surface area (Å²) in [5, 5.41) is 21.7. The summed E-state index contributed by atoms with van der Waals surface area (Å²) in [4.78, 5) is 0. The minimum atomic E-state index is -0.135. The molecule has 96 valence electrons. The summed E-state index contributed by atoms with van der Waals surface area (Å²) < 4.78 is 5.31. The Bertz CT molecular complexity index is 531. The van der Waals surface area contributed by atoms with Crippen LogP contribution < -0.4 is 5.32 Å². The number of nitrogens with one attached hydrogen (secondary N) is 1. The fraction of sp³-hybridized carbons (Fsp3) is 0.167. The Hall–Kier alpha value is -1.36. The number of aromatic hydroxyl groups is 1. The summed E-state index contributed by atoms with van der Waals surface area (Å²) in [5.41, 5.74) is 0.671. The maximum atomic E-state index is 9.41. The van der Waals surface area contributed by atoms with E-state index < -0.39 is 0 Å². The molecule has 0 aliphatic rings. The molecule has 6 heteroatoms. The summed E-state index contributed by atoms with van der Waals surface area (Å²) in [7, 11) is 0. The lowest BCUT2D eigenvalue weighted by Gasteiger charge is -2.07. The van der Waals surface area contributed by atoms with Crippen LogP contribution in [0.3, 0.4) is 0 Å². The highest BCUT2D eigenvalue weighted by Crippen LogP contribution is 2.34. The lowest BCUT2D eigenvalue weighted by atomic mass is 10.3. The van der Waals surface area contributed by atoms with E-state index in [9.17, 15) is 5.11 Å². The number of halogens is 2. The van der Waals surface area contributed by atoms with Crippen LogP contribution in [0.15, 0.2) is 28.7 Å². The van der Waals surface area contributed by atoms with Gasteiger partial charge >= 0.3 is 0 Å². The zero-order chi connectivity index (χ0) is 13.1. The molecular formula is C12H11Cl2NO3. The first kappa shape index (κ1) is 13.1. The second-order valence-corrected chi connectivity index (χ2v) is 4.48. The largest absolute Gasteiger partial charge is 0.505 e. The van der Waals surface area contributed by atoms with E-state index in [2.05, 4.69) is 5.32 Å². The van der Waals surface area contributed by atoms with Crippen molar-refractivity contribution in [1.82, 2.24) is 0 Å². The summed E-state index contributed by atoms with van der Waals surface area (Å²) in [6.45, 7) is 0.300. The predicted molar refractivity (Wildman–Crippen MR) is 70.1 cm³/mol. The van der Waals surface area contributed by atoms with Gasteiger partial charge in [-0.25, -0.2) is 0 Å². The van der Waals surface area contributed by atoms with Crippen molar-refractivity contribution in [2.24, 2.45) is 0 Å². The molecule has 2 rings (SSSR count). The number of aliphatic hydroxyl groups is 1. The molecular weight excluding hydrogens is 277 g/mol. The van der Waals surface area contributed by atoms with Crippen LogP contribution in [-0.4, -0.2) is 10.2 Å². The van der Waals surface area contributed by atoms with Crippen LogP contribution >= 0.6 is 23.2 Å². The molecule has 0 spiro atoms. The van der Waals surface area contributed by atoms with Gasteiger partial charge in [-0.3, -0.25) is 0 Å². The monoisotopic (exact) mass is 287 g/mol. The summed E-state index contributed by atoms with van der Waals surface area (Å²) >= 11 is 11.6. The molecule has 0 fully saturated rings. The first-order chi connectivity index (χ1) is 8.60. The molecule has 0 bridgehead atoms. The zero-order valence-electron chi connectivity index (χ0n) is 9.28. The van der Waals surface area contributed by atoms with Crippen molar-refractivity contribution in [3.63, 3.8) is 0 Å². The number of hydrogen-bond acceptors (Lipinski definition) is 4. The third-order valence-electron chi connectivity index (χ3n) is 2.36. The van der Waals surface area contributed by atoms with Crippen molar-refractivity contribution >= 4 is 28.9 Å². The van der Waals surface area contributed by atoms with Gasteiger partial charge in [0.2, 0.25) is 0 Å². The van der Waals surface area contributed by atoms with Crippen LogP contribution in [0.4, 0.5) is 5.69 Å². The molecule has 2 aromatic rings. The van der Waals surface area contributed by atoms with E-state index in [-0.39, 0.29) is 22.4 Å². The average Bonchev–Trinajstić information content (AvgIpc) is 2.81. The molecule has 0 atom stereocenters. The highest BCUT2D eigenvalue weighted by atomic mass is 35.5. The lowest BCUT2D eigenvalue weighted by Crippen LogP contribution is -1.98. The Morgan fingerprint density at radius 2 is 1.72 bits per heavy atom. The topological polar surface area (TPSA) is 65.6 Å². The van der Waals surface area contributed by atoms with Crippen molar-refractivity contribution in [2.75, 3.05) is 5.32 Å². The molecule has 0 aliphatic carbocycles. The minimum Gasteiger partial charge on any atom is -0.505 e. The molecule has 1 aromatic carbocycles. The normalized spacial score (nSPS) is 10.6. The quantitative estimate of drug-likeness (QED) is 0.754. The number of aliphatic hydroxyl groups excluding tert-OH is 1. The van der Waals surface area contributed by atoms with Gasteiger partial charge in [0.15, 0.2) is 5.75 Å². The van der Waals surface area contributed by atoms with Gasteiger partial charge in [-0.05, 0) is 24.3 Å². The van der Waals surface area contributed by atoms with Crippen molar-refractivity contribution in [3.05, 3.63) is 45.8 Å². The molecule has 0 unspecified atom stereocenters. The van der Waals surface area contributed by atoms with Crippen LogP contribution in [0.25, 0.3) is 0 Å². The maximum absolute atomic E-state index is 9.41. The number of phenols is 1. The van der Waals surface area contributed by atoms with Gasteiger partial charge < -0.3 is 19.9 Å². The minimum absolute atomic E-state index is 0.128. The fourth-order valence-corrected chi connectivity index (χ4v) is 1.95. The Balaban J connectivity index is 2.06. The first-order valence-electron chi connectivity index (χ1n) is 5.20. The SMILES string of the molecule is OCc1ccc(CNc2cc(Cl)c(O)c(Cl)c2)o1. The van der Waals surface area contributed by atoms with E-state index in [1.807, 2.05) is 0 Å². The number of anilines is 1. The van der Waals surface area contributed by atoms with Crippen LogP contribution in [0.2, 0.25) is 10.0 Å². The number of phenolic OH excluding ortho intramolecular Hbond substituents is 1. The molecule has 3 N–H and O–H groups in total. The van der Waals surface area contributed by atoms with Crippen molar-refractivity contribution in [1.29, 1.82) is 0 Å². The van der Waals surface area contributed by atoms with Crippen molar-refractivity contribution in [2.45, 2.75) is 13.2 Å². The Morgan fingerprint density at radius 1 is 1.11 bits per heavy atom. The molecule has 0 amide bonds. The number of rotatable bonds is 4. The molecule has 0 aliphatic heterocycles. The summed E-state index contributed by atoms with van der Waals surface area (Å²) in [6.07, 6.45) is 0. The molecule has 0 radical (unpaired) electrons. The second kappa shape index (κ2) is 5.52. The van der Waals surface area contributed by atoms with Gasteiger partial charge in [0.25, 0.3) is 0 Å². The van der Waals surface area contributed by atoms with E-state index in [0.29, 0.717) is 23.8 Å². The molecule has 4 nitrogen and oxygen atoms in total. The van der Waals surface area contributed by atoms with Gasteiger partial charge in [0, 0.05) is 5.69 Å². The first-order valence-corrected chi connectivity index (χ1v) is 5.96.